The molecule has 0 heterocycles. The highest BCUT2D eigenvalue weighted by atomic mass is 32.2. The van der Waals surface area contributed by atoms with Crippen LogP contribution in [-0.4, -0.2) is 128 Å². The number of hydrogen-bond acceptors (Lipinski definition) is 13. The summed E-state index contributed by atoms with van der Waals surface area (Å²) in [5.41, 5.74) is -1.41. The topological polar surface area (TPSA) is 222 Å². The number of nitrogens with one attached hydrogen (secondary N) is 3. The van der Waals surface area contributed by atoms with Crippen LogP contribution in [0, 0.1) is 11.8 Å². The van der Waals surface area contributed by atoms with Crippen LogP contribution in [0.1, 0.15) is 158 Å². The van der Waals surface area contributed by atoms with Crippen LogP contribution in [0.25, 0.3) is 0 Å². The summed E-state index contributed by atoms with van der Waals surface area (Å²) in [6.45, 7) is 17.8. The third kappa shape index (κ3) is 37.8. The average Bonchev–Trinajstić information content (AvgIpc) is 3.17. The molecule has 0 rings (SSSR count). The third-order valence-electron chi connectivity index (χ3n) is 9.17. The fourth-order valence-electron chi connectivity index (χ4n) is 5.88. The third-order valence-corrected chi connectivity index (χ3v) is 10.3. The number of carboxylic acids is 1. The van der Waals surface area contributed by atoms with E-state index in [-0.39, 0.29) is 55.3 Å². The molecule has 0 radical (unpaired) electrons. The molecule has 0 saturated carbocycles. The van der Waals surface area contributed by atoms with Gasteiger partial charge < -0.3 is 44.7 Å². The zero-order valence-corrected chi connectivity index (χ0v) is 40.7. The first kappa shape index (κ1) is 59.7. The Morgan fingerprint density at radius 2 is 0.968 bits per heavy atom. The van der Waals surface area contributed by atoms with Crippen molar-refractivity contribution in [1.82, 2.24) is 16.0 Å². The zero-order chi connectivity index (χ0) is 47.5. The van der Waals surface area contributed by atoms with Gasteiger partial charge in [0.05, 0.1) is 26.4 Å². The number of unbranched alkanes of at least 4 members (excludes halogenated alkanes) is 6. The first-order valence-electron chi connectivity index (χ1n) is 23.1. The van der Waals surface area contributed by atoms with Gasteiger partial charge in [-0.25, -0.2) is 4.79 Å². The maximum Gasteiger partial charge on any atom is 0.329 e. The van der Waals surface area contributed by atoms with Gasteiger partial charge in [0.15, 0.2) is 0 Å². The molecular formula is C46H83N3O13S. The number of Topliss-reactive ketones (excluding diaryl/α,β-unsaturated/α-hetero) is 1. The largest absolute Gasteiger partial charge is 0.481 e. The van der Waals surface area contributed by atoms with E-state index in [0.717, 1.165) is 69.3 Å². The Morgan fingerprint density at radius 3 is 1.48 bits per heavy atom. The lowest BCUT2D eigenvalue weighted by Crippen LogP contribution is -2.47. The van der Waals surface area contributed by atoms with E-state index < -0.39 is 40.9 Å². The predicted molar refractivity (Wildman–Crippen MR) is 244 cm³/mol. The molecule has 0 saturated heterocycles. The SMILES string of the molecule is CC(C)C(NC(=O)CCCCCCCSCCCCCC(=O)NCCCOCCOCCOCCCNC(=O)CCC(=O)C(CCC(=O)O)C(=O)OC(C)(C)C)C(=O)OC(C)(C)C. The van der Waals surface area contributed by atoms with Gasteiger partial charge in [-0.3, -0.25) is 28.8 Å². The van der Waals surface area contributed by atoms with Crippen LogP contribution in [0.2, 0.25) is 0 Å². The van der Waals surface area contributed by atoms with Crippen LogP contribution in [0.4, 0.5) is 0 Å². The molecule has 0 aliphatic carbocycles. The summed E-state index contributed by atoms with van der Waals surface area (Å²) < 4.78 is 27.3. The van der Waals surface area contributed by atoms with Crippen molar-refractivity contribution in [3.8, 4) is 0 Å². The van der Waals surface area contributed by atoms with E-state index >= 15 is 0 Å². The summed E-state index contributed by atoms with van der Waals surface area (Å²) in [5, 5.41) is 17.5. The Bertz CT molecular complexity index is 1320. The molecule has 0 aromatic heterocycles. The second-order valence-electron chi connectivity index (χ2n) is 18.0. The Morgan fingerprint density at radius 1 is 0.524 bits per heavy atom. The maximum atomic E-state index is 12.6. The van der Waals surface area contributed by atoms with Crippen LogP contribution in [0.5, 0.6) is 0 Å². The predicted octanol–water partition coefficient (Wildman–Crippen LogP) is 6.34. The van der Waals surface area contributed by atoms with Crippen molar-refractivity contribution in [2.75, 3.05) is 64.2 Å². The molecule has 0 spiro atoms. The minimum atomic E-state index is -1.22. The second-order valence-corrected chi connectivity index (χ2v) is 19.2. The van der Waals surface area contributed by atoms with Crippen molar-refractivity contribution in [2.45, 2.75) is 175 Å². The second kappa shape index (κ2) is 36.0. The number of ether oxygens (including phenoxy) is 5. The zero-order valence-electron chi connectivity index (χ0n) is 39.9. The number of thioether (sulfide) groups is 1. The number of ketones is 1. The van der Waals surface area contributed by atoms with E-state index in [1.54, 1.807) is 20.8 Å². The van der Waals surface area contributed by atoms with Crippen molar-refractivity contribution >= 4 is 53.2 Å². The molecule has 63 heavy (non-hydrogen) atoms. The van der Waals surface area contributed by atoms with Crippen LogP contribution in [0.3, 0.4) is 0 Å². The Hall–Kier alpha value is -3.28. The summed E-state index contributed by atoms with van der Waals surface area (Å²) in [7, 11) is 0. The molecule has 0 aromatic rings. The van der Waals surface area contributed by atoms with Crippen molar-refractivity contribution in [1.29, 1.82) is 0 Å². The minimum Gasteiger partial charge on any atom is -0.481 e. The lowest BCUT2D eigenvalue weighted by Gasteiger charge is -2.26. The van der Waals surface area contributed by atoms with Gasteiger partial charge in [-0.1, -0.05) is 39.5 Å². The van der Waals surface area contributed by atoms with E-state index in [1.165, 1.54) is 0 Å². The molecule has 0 aliphatic rings. The van der Waals surface area contributed by atoms with E-state index in [1.807, 2.05) is 46.4 Å². The highest BCUT2D eigenvalue weighted by Crippen LogP contribution is 2.19. The van der Waals surface area contributed by atoms with Gasteiger partial charge >= 0.3 is 17.9 Å². The van der Waals surface area contributed by atoms with Crippen LogP contribution >= 0.6 is 11.8 Å². The first-order chi connectivity index (χ1) is 29.7. The summed E-state index contributed by atoms with van der Waals surface area (Å²) in [4.78, 5) is 85.1. The number of esters is 2. The summed E-state index contributed by atoms with van der Waals surface area (Å²) in [6.07, 6.45) is 9.62. The summed E-state index contributed by atoms with van der Waals surface area (Å²) >= 11 is 1.96. The molecule has 0 fully saturated rings. The average molecular weight is 918 g/mol. The molecule has 4 N–H and O–H groups in total. The number of amides is 3. The lowest BCUT2D eigenvalue weighted by atomic mass is 9.94. The van der Waals surface area contributed by atoms with Crippen LogP contribution in [-0.2, 0) is 57.2 Å². The van der Waals surface area contributed by atoms with Gasteiger partial charge in [0.25, 0.3) is 0 Å². The van der Waals surface area contributed by atoms with E-state index in [2.05, 4.69) is 16.0 Å². The normalized spacial score (nSPS) is 12.7. The lowest BCUT2D eigenvalue weighted by molar-refractivity contribution is -0.163. The number of aliphatic carboxylic acids is 1. The molecule has 366 valence electrons. The van der Waals surface area contributed by atoms with Gasteiger partial charge in [-0.05, 0) is 104 Å². The van der Waals surface area contributed by atoms with Crippen LogP contribution in [0.15, 0.2) is 0 Å². The monoisotopic (exact) mass is 918 g/mol. The fraction of sp³-hybridized carbons (Fsp3) is 0.848. The van der Waals surface area contributed by atoms with Crippen molar-refractivity contribution in [3.63, 3.8) is 0 Å². The van der Waals surface area contributed by atoms with E-state index in [9.17, 15) is 33.6 Å². The summed E-state index contributed by atoms with van der Waals surface area (Å²) in [5.74, 6) is -2.22. The fourth-order valence-corrected chi connectivity index (χ4v) is 6.90. The van der Waals surface area contributed by atoms with Crippen molar-refractivity contribution in [3.05, 3.63) is 0 Å². The minimum absolute atomic E-state index is 0.0410. The van der Waals surface area contributed by atoms with Crippen molar-refractivity contribution in [2.24, 2.45) is 11.8 Å². The number of rotatable bonds is 39. The Kier molecular flexibility index (Phi) is 34.1. The highest BCUT2D eigenvalue weighted by Gasteiger charge is 2.32. The molecule has 0 bridgehead atoms. The summed E-state index contributed by atoms with van der Waals surface area (Å²) in [6, 6.07) is -0.626. The number of carbonyl (C=O) groups is 7. The van der Waals surface area contributed by atoms with Gasteiger partial charge in [-0.2, -0.15) is 11.8 Å². The molecule has 3 amide bonds. The molecular weight excluding hydrogens is 835 g/mol. The molecule has 16 nitrogen and oxygen atoms in total. The smallest absolute Gasteiger partial charge is 0.329 e. The standard InChI is InChI=1S/C46H83N3O13S/c1-35(2)42(44(57)62-46(6,7)8)49-40(53)20-13-10-9-11-15-33-63-34-16-12-14-19-38(51)47-25-17-27-58-29-31-60-32-30-59-28-18-26-48-39(52)23-22-37(50)36(21-24-41(54)55)43(56)61-45(3,4)5/h35-36,42H,9-34H2,1-8H3,(H,47,51)(H,48,52)(H,49,53)(H,54,55). The Labute approximate surface area is 381 Å². The molecule has 2 unspecified atom stereocenters. The van der Waals surface area contributed by atoms with Crippen LogP contribution < -0.4 is 16.0 Å². The molecule has 0 aliphatic heterocycles. The van der Waals surface area contributed by atoms with Gasteiger partial charge in [0.2, 0.25) is 17.7 Å². The quantitative estimate of drug-likeness (QED) is 0.0301. The van der Waals surface area contributed by atoms with E-state index in [0.29, 0.717) is 72.0 Å². The maximum absolute atomic E-state index is 12.6. The highest BCUT2D eigenvalue weighted by molar-refractivity contribution is 7.99. The van der Waals surface area contributed by atoms with Gasteiger partial charge in [0, 0.05) is 58.4 Å². The van der Waals surface area contributed by atoms with E-state index in [4.69, 9.17) is 28.8 Å². The molecule has 17 heteroatoms. The first-order valence-corrected chi connectivity index (χ1v) is 24.2. The van der Waals surface area contributed by atoms with Crippen molar-refractivity contribution < 1.29 is 62.4 Å². The van der Waals surface area contributed by atoms with Gasteiger partial charge in [-0.15, -0.1) is 0 Å². The van der Waals surface area contributed by atoms with Gasteiger partial charge in [0.1, 0.15) is 28.9 Å². The number of carboxylic acid groups (broad SMARTS) is 1. The number of carbonyl (C=O) groups excluding carboxylic acids is 6. The molecule has 0 aromatic carbocycles. The Balaban J connectivity index is 3.63. The number of hydrogen-bond donors (Lipinski definition) is 4. The molecule has 2 atom stereocenters.